The molecule has 4 aromatic rings. The summed E-state index contributed by atoms with van der Waals surface area (Å²) in [4.78, 5) is 12.4. The van der Waals surface area contributed by atoms with Crippen molar-refractivity contribution in [3.8, 4) is 22.9 Å². The van der Waals surface area contributed by atoms with Crippen LogP contribution in [0.5, 0.6) is 0 Å². The lowest BCUT2D eigenvalue weighted by molar-refractivity contribution is 0.102. The first kappa shape index (κ1) is 18.0. The first-order chi connectivity index (χ1) is 13.6. The number of carbonyl (C=O) groups is 1. The highest BCUT2D eigenvalue weighted by Crippen LogP contribution is 2.26. The number of nitrogens with zero attached hydrogens (tertiary/aromatic N) is 4. The fraction of sp³-hybridized carbons (Fsp3) is 0.150. The molecule has 0 saturated heterocycles. The summed E-state index contributed by atoms with van der Waals surface area (Å²) in [6.45, 7) is 3.99. The van der Waals surface area contributed by atoms with Crippen LogP contribution < -0.4 is 5.32 Å². The monoisotopic (exact) mass is 391 g/mol. The molecule has 0 spiro atoms. The molecule has 8 heteroatoms. The molecule has 0 aliphatic heterocycles. The zero-order chi connectivity index (χ0) is 19.5. The van der Waals surface area contributed by atoms with Gasteiger partial charge in [0.25, 0.3) is 5.91 Å². The predicted molar refractivity (Wildman–Crippen MR) is 107 cm³/mol. The molecule has 0 unspecified atom stereocenters. The summed E-state index contributed by atoms with van der Waals surface area (Å²) in [5.41, 5.74) is 3.22. The van der Waals surface area contributed by atoms with Gasteiger partial charge in [0.1, 0.15) is 5.01 Å². The van der Waals surface area contributed by atoms with Crippen molar-refractivity contribution in [2.24, 2.45) is 0 Å². The third-order valence-corrected chi connectivity index (χ3v) is 5.17. The lowest BCUT2D eigenvalue weighted by Crippen LogP contribution is -2.11. The van der Waals surface area contributed by atoms with Crippen molar-refractivity contribution in [2.45, 2.75) is 20.3 Å². The second-order valence-corrected chi connectivity index (χ2v) is 7.18. The number of benzene rings is 2. The van der Waals surface area contributed by atoms with Crippen LogP contribution in [0.15, 0.2) is 52.9 Å². The molecule has 1 N–H and O–H groups in total. The Labute approximate surface area is 165 Å². The van der Waals surface area contributed by atoms with Gasteiger partial charge in [0.2, 0.25) is 16.9 Å². The van der Waals surface area contributed by atoms with Gasteiger partial charge in [0.15, 0.2) is 0 Å². The van der Waals surface area contributed by atoms with Crippen LogP contribution in [0.25, 0.3) is 22.9 Å². The molecule has 0 aliphatic carbocycles. The summed E-state index contributed by atoms with van der Waals surface area (Å²) in [5.74, 6) is 0.635. The van der Waals surface area contributed by atoms with Crippen LogP contribution in [-0.2, 0) is 6.42 Å². The highest BCUT2D eigenvalue weighted by molar-refractivity contribution is 7.15. The van der Waals surface area contributed by atoms with E-state index in [9.17, 15) is 4.79 Å². The highest BCUT2D eigenvalue weighted by Gasteiger charge is 2.14. The smallest absolute Gasteiger partial charge is 0.257 e. The van der Waals surface area contributed by atoms with Gasteiger partial charge in [0, 0.05) is 16.7 Å². The summed E-state index contributed by atoms with van der Waals surface area (Å²) in [5, 5.41) is 20.3. The minimum Gasteiger partial charge on any atom is -0.416 e. The van der Waals surface area contributed by atoms with E-state index in [1.807, 2.05) is 38.1 Å². The summed E-state index contributed by atoms with van der Waals surface area (Å²) in [6.07, 6.45) is 0.789. The van der Waals surface area contributed by atoms with E-state index in [2.05, 4.69) is 25.7 Å². The van der Waals surface area contributed by atoms with Crippen molar-refractivity contribution in [1.29, 1.82) is 0 Å². The molecule has 2 aromatic carbocycles. The third-order valence-electron chi connectivity index (χ3n) is 4.18. The fourth-order valence-corrected chi connectivity index (χ4v) is 3.32. The van der Waals surface area contributed by atoms with E-state index < -0.39 is 0 Å². The molecule has 0 bridgehead atoms. The van der Waals surface area contributed by atoms with Gasteiger partial charge in [-0.05, 0) is 49.2 Å². The summed E-state index contributed by atoms with van der Waals surface area (Å²) in [7, 11) is 0. The number of hydrogen-bond acceptors (Lipinski definition) is 7. The van der Waals surface area contributed by atoms with E-state index in [1.54, 1.807) is 24.3 Å². The van der Waals surface area contributed by atoms with Gasteiger partial charge in [0.05, 0.1) is 0 Å². The molecule has 0 saturated carbocycles. The van der Waals surface area contributed by atoms with Gasteiger partial charge in [-0.1, -0.05) is 36.5 Å². The maximum atomic E-state index is 12.4. The van der Waals surface area contributed by atoms with Gasteiger partial charge in [-0.25, -0.2) is 0 Å². The molecule has 0 atom stereocenters. The second-order valence-electron chi connectivity index (χ2n) is 6.11. The SMILES string of the molecule is CCc1nnc(NC(=O)c2ccc(-c3nnc(-c4ccccc4C)o3)cc2)s1. The predicted octanol–water partition coefficient (Wildman–Crippen LogP) is 4.38. The fourth-order valence-electron chi connectivity index (χ4n) is 2.64. The van der Waals surface area contributed by atoms with E-state index >= 15 is 0 Å². The molecule has 2 aromatic heterocycles. The Morgan fingerprint density at radius 3 is 2.46 bits per heavy atom. The number of amides is 1. The van der Waals surface area contributed by atoms with Crippen LogP contribution in [0.3, 0.4) is 0 Å². The van der Waals surface area contributed by atoms with E-state index in [0.29, 0.717) is 22.5 Å². The van der Waals surface area contributed by atoms with Crippen LogP contribution in [0.4, 0.5) is 5.13 Å². The van der Waals surface area contributed by atoms with Gasteiger partial charge >= 0.3 is 0 Å². The number of nitrogens with one attached hydrogen (secondary N) is 1. The first-order valence-corrected chi connectivity index (χ1v) is 9.59. The molecule has 0 fully saturated rings. The Balaban J connectivity index is 1.50. The van der Waals surface area contributed by atoms with Crippen molar-refractivity contribution in [2.75, 3.05) is 5.32 Å². The van der Waals surface area contributed by atoms with Crippen LogP contribution in [0.1, 0.15) is 27.9 Å². The van der Waals surface area contributed by atoms with Gasteiger partial charge in [-0.2, -0.15) is 0 Å². The number of hydrogen-bond donors (Lipinski definition) is 1. The average Bonchev–Trinajstić information content (AvgIpc) is 3.38. The number of aromatic nitrogens is 4. The maximum Gasteiger partial charge on any atom is 0.257 e. The van der Waals surface area contributed by atoms with Crippen LogP contribution in [0, 0.1) is 6.92 Å². The molecule has 0 radical (unpaired) electrons. The largest absolute Gasteiger partial charge is 0.416 e. The number of anilines is 1. The lowest BCUT2D eigenvalue weighted by Gasteiger charge is -2.02. The third kappa shape index (κ3) is 3.67. The van der Waals surface area contributed by atoms with Crippen LogP contribution in [0.2, 0.25) is 0 Å². The molecular formula is C20H17N5O2S. The highest BCUT2D eigenvalue weighted by atomic mass is 32.1. The van der Waals surface area contributed by atoms with E-state index in [4.69, 9.17) is 4.42 Å². The molecule has 4 rings (SSSR count). The topological polar surface area (TPSA) is 93.8 Å². The zero-order valence-electron chi connectivity index (χ0n) is 15.3. The Bertz CT molecular complexity index is 1120. The Hall–Kier alpha value is -3.39. The summed E-state index contributed by atoms with van der Waals surface area (Å²) >= 11 is 1.37. The molecular weight excluding hydrogens is 374 g/mol. The normalized spacial score (nSPS) is 10.8. The first-order valence-electron chi connectivity index (χ1n) is 8.77. The maximum absolute atomic E-state index is 12.4. The molecule has 1 amide bonds. The number of rotatable bonds is 5. The van der Waals surface area contributed by atoms with Crippen LogP contribution in [-0.4, -0.2) is 26.3 Å². The van der Waals surface area contributed by atoms with Gasteiger partial charge < -0.3 is 4.42 Å². The van der Waals surface area contributed by atoms with Crippen molar-refractivity contribution in [3.63, 3.8) is 0 Å². The van der Waals surface area contributed by atoms with E-state index in [-0.39, 0.29) is 5.91 Å². The Kier molecular flexibility index (Phi) is 4.94. The van der Waals surface area contributed by atoms with Crippen molar-refractivity contribution < 1.29 is 9.21 Å². The molecule has 28 heavy (non-hydrogen) atoms. The minimum atomic E-state index is -0.239. The van der Waals surface area contributed by atoms with Crippen LogP contribution >= 0.6 is 11.3 Å². The summed E-state index contributed by atoms with van der Waals surface area (Å²) < 4.78 is 5.81. The second kappa shape index (κ2) is 7.69. The lowest BCUT2D eigenvalue weighted by atomic mass is 10.1. The minimum absolute atomic E-state index is 0.239. The molecule has 0 aliphatic rings. The van der Waals surface area contributed by atoms with Crippen molar-refractivity contribution in [3.05, 3.63) is 64.7 Å². The Morgan fingerprint density at radius 2 is 1.75 bits per heavy atom. The molecule has 7 nitrogen and oxygen atoms in total. The average molecular weight is 391 g/mol. The molecule has 140 valence electrons. The van der Waals surface area contributed by atoms with Gasteiger partial charge in [-0.3, -0.25) is 10.1 Å². The van der Waals surface area contributed by atoms with Crippen molar-refractivity contribution in [1.82, 2.24) is 20.4 Å². The van der Waals surface area contributed by atoms with Crippen molar-refractivity contribution >= 4 is 22.4 Å². The zero-order valence-corrected chi connectivity index (χ0v) is 16.2. The molecule has 2 heterocycles. The number of carbonyl (C=O) groups excluding carboxylic acids is 1. The standard InChI is InChI=1S/C20H17N5O2S/c1-3-16-22-25-20(28-16)21-17(26)13-8-10-14(11-9-13)18-23-24-19(27-18)15-7-5-4-6-12(15)2/h4-11H,3H2,1-2H3,(H,21,25,26). The number of aryl methyl sites for hydroxylation is 2. The summed E-state index contributed by atoms with van der Waals surface area (Å²) in [6, 6.07) is 14.8. The van der Waals surface area contributed by atoms with Gasteiger partial charge in [-0.15, -0.1) is 20.4 Å². The quantitative estimate of drug-likeness (QED) is 0.543. The Morgan fingerprint density at radius 1 is 1.00 bits per heavy atom. The van der Waals surface area contributed by atoms with E-state index in [1.165, 1.54) is 11.3 Å². The van der Waals surface area contributed by atoms with E-state index in [0.717, 1.165) is 28.1 Å².